The molecule has 0 radical (unpaired) electrons. The van der Waals surface area contributed by atoms with Gasteiger partial charge in [-0.1, -0.05) is 12.1 Å². The Kier molecular flexibility index (Phi) is 5.51. The first-order valence-corrected chi connectivity index (χ1v) is 8.26. The summed E-state index contributed by atoms with van der Waals surface area (Å²) in [6.45, 7) is 0. The Balaban J connectivity index is 2.08. The summed E-state index contributed by atoms with van der Waals surface area (Å²) in [5.74, 6) is 1.50. The molecule has 0 saturated carbocycles. The minimum absolute atomic E-state index is 0.284. The predicted molar refractivity (Wildman–Crippen MR) is 102 cm³/mol. The Bertz CT molecular complexity index is 1020. The van der Waals surface area contributed by atoms with E-state index >= 15 is 0 Å². The molecule has 0 aliphatic rings. The summed E-state index contributed by atoms with van der Waals surface area (Å²) < 4.78 is 31.1. The standard InChI is InChI=1S/C18H17FN4O3S/c1-24-14-8-12(9-15(25-2)16(14)26-3)17-21-22-18(27)23(17)20-10-11-5-4-6-13(19)7-11/h4-10H,1-3H3,(H,22,27)/b20-10-. The molecule has 0 spiro atoms. The molecule has 0 unspecified atom stereocenters. The van der Waals surface area contributed by atoms with Crippen LogP contribution in [0.3, 0.4) is 0 Å². The number of ether oxygens (including phenoxy) is 3. The van der Waals surface area contributed by atoms with Gasteiger partial charge in [0.25, 0.3) is 0 Å². The Hall–Kier alpha value is -3.20. The zero-order valence-electron chi connectivity index (χ0n) is 14.9. The van der Waals surface area contributed by atoms with Crippen molar-refractivity contribution in [3.8, 4) is 28.6 Å². The molecule has 0 amide bonds. The van der Waals surface area contributed by atoms with Gasteiger partial charge in [0.05, 0.1) is 27.5 Å². The quantitative estimate of drug-likeness (QED) is 0.515. The van der Waals surface area contributed by atoms with Crippen molar-refractivity contribution in [1.29, 1.82) is 0 Å². The van der Waals surface area contributed by atoms with Gasteiger partial charge >= 0.3 is 0 Å². The lowest BCUT2D eigenvalue weighted by Crippen LogP contribution is -1.99. The molecule has 3 rings (SSSR count). The smallest absolute Gasteiger partial charge is 0.216 e. The van der Waals surface area contributed by atoms with Crippen LogP contribution in [0.25, 0.3) is 11.4 Å². The van der Waals surface area contributed by atoms with Gasteiger partial charge < -0.3 is 14.2 Å². The van der Waals surface area contributed by atoms with Crippen molar-refractivity contribution >= 4 is 18.4 Å². The highest BCUT2D eigenvalue weighted by Crippen LogP contribution is 2.40. The molecule has 1 aromatic heterocycles. The van der Waals surface area contributed by atoms with Crippen molar-refractivity contribution in [2.75, 3.05) is 21.3 Å². The van der Waals surface area contributed by atoms with Crippen LogP contribution in [0.4, 0.5) is 4.39 Å². The van der Waals surface area contributed by atoms with Gasteiger partial charge in [0.1, 0.15) is 5.82 Å². The molecule has 0 aliphatic carbocycles. The van der Waals surface area contributed by atoms with Gasteiger partial charge in [-0.25, -0.2) is 9.49 Å². The number of aromatic nitrogens is 3. The second-order valence-corrected chi connectivity index (χ2v) is 5.76. The van der Waals surface area contributed by atoms with E-state index in [1.54, 1.807) is 24.3 Å². The number of rotatable bonds is 6. The number of benzene rings is 2. The molecule has 140 valence electrons. The Morgan fingerprint density at radius 1 is 1.11 bits per heavy atom. The fraction of sp³-hybridized carbons (Fsp3) is 0.167. The van der Waals surface area contributed by atoms with E-state index < -0.39 is 0 Å². The van der Waals surface area contributed by atoms with E-state index in [1.807, 2.05) is 0 Å². The van der Waals surface area contributed by atoms with Crippen LogP contribution >= 0.6 is 12.2 Å². The number of nitrogens with zero attached hydrogens (tertiary/aromatic N) is 3. The molecule has 2 aromatic carbocycles. The maximum atomic E-state index is 13.3. The maximum absolute atomic E-state index is 13.3. The van der Waals surface area contributed by atoms with Crippen molar-refractivity contribution in [3.05, 3.63) is 52.5 Å². The Morgan fingerprint density at radius 3 is 2.41 bits per heavy atom. The van der Waals surface area contributed by atoms with Crippen LogP contribution in [-0.4, -0.2) is 42.4 Å². The topological polar surface area (TPSA) is 73.7 Å². The normalized spacial score (nSPS) is 11.0. The zero-order valence-corrected chi connectivity index (χ0v) is 15.7. The van der Waals surface area contributed by atoms with Crippen molar-refractivity contribution in [2.24, 2.45) is 5.10 Å². The van der Waals surface area contributed by atoms with E-state index in [0.717, 1.165) is 0 Å². The molecule has 7 nitrogen and oxygen atoms in total. The fourth-order valence-corrected chi connectivity index (χ4v) is 2.69. The van der Waals surface area contributed by atoms with E-state index in [2.05, 4.69) is 15.3 Å². The summed E-state index contributed by atoms with van der Waals surface area (Å²) in [6, 6.07) is 9.54. The van der Waals surface area contributed by atoms with Crippen LogP contribution in [0.15, 0.2) is 41.5 Å². The zero-order chi connectivity index (χ0) is 19.4. The second-order valence-electron chi connectivity index (χ2n) is 5.38. The van der Waals surface area contributed by atoms with E-state index in [4.69, 9.17) is 26.4 Å². The highest BCUT2D eigenvalue weighted by atomic mass is 32.1. The van der Waals surface area contributed by atoms with E-state index in [1.165, 1.54) is 44.4 Å². The molecule has 27 heavy (non-hydrogen) atoms. The molecule has 0 saturated heterocycles. The summed E-state index contributed by atoms with van der Waals surface area (Å²) in [5, 5.41) is 11.3. The van der Waals surface area contributed by atoms with Gasteiger partial charge in [-0.2, -0.15) is 14.9 Å². The largest absolute Gasteiger partial charge is 0.493 e. The van der Waals surface area contributed by atoms with Crippen molar-refractivity contribution in [2.45, 2.75) is 0 Å². The van der Waals surface area contributed by atoms with Gasteiger partial charge in [-0.05, 0) is 42.0 Å². The second kappa shape index (κ2) is 8.00. The monoisotopic (exact) mass is 388 g/mol. The molecule has 1 N–H and O–H groups in total. The van der Waals surface area contributed by atoms with Gasteiger partial charge in [0, 0.05) is 5.56 Å². The highest BCUT2D eigenvalue weighted by molar-refractivity contribution is 7.71. The number of methoxy groups -OCH3 is 3. The lowest BCUT2D eigenvalue weighted by Gasteiger charge is -2.13. The third-order valence-corrected chi connectivity index (χ3v) is 4.01. The number of nitrogens with one attached hydrogen (secondary N) is 1. The molecule has 0 aliphatic heterocycles. The minimum Gasteiger partial charge on any atom is -0.493 e. The number of halogens is 1. The third kappa shape index (κ3) is 3.82. The maximum Gasteiger partial charge on any atom is 0.216 e. The average Bonchev–Trinajstić information content (AvgIpc) is 3.05. The lowest BCUT2D eigenvalue weighted by molar-refractivity contribution is 0.324. The van der Waals surface area contributed by atoms with Crippen LogP contribution in [-0.2, 0) is 0 Å². The van der Waals surface area contributed by atoms with Gasteiger partial charge in [-0.3, -0.25) is 0 Å². The number of hydrogen-bond donors (Lipinski definition) is 1. The van der Waals surface area contributed by atoms with Crippen LogP contribution < -0.4 is 14.2 Å². The summed E-state index contributed by atoms with van der Waals surface area (Å²) in [6.07, 6.45) is 1.50. The number of aromatic amines is 1. The molecular weight excluding hydrogens is 371 g/mol. The summed E-state index contributed by atoms with van der Waals surface area (Å²) >= 11 is 5.25. The van der Waals surface area contributed by atoms with Crippen molar-refractivity contribution < 1.29 is 18.6 Å². The van der Waals surface area contributed by atoms with E-state index in [9.17, 15) is 4.39 Å². The highest BCUT2D eigenvalue weighted by Gasteiger charge is 2.17. The van der Waals surface area contributed by atoms with Gasteiger partial charge in [-0.15, -0.1) is 0 Å². The summed E-state index contributed by atoms with van der Waals surface area (Å²) in [4.78, 5) is 0. The SMILES string of the molecule is COc1cc(-c2n[nH]c(=S)n2/N=C\c2cccc(F)c2)cc(OC)c1OC. The fourth-order valence-electron chi connectivity index (χ4n) is 2.51. The first-order valence-electron chi connectivity index (χ1n) is 7.85. The van der Waals surface area contributed by atoms with Crippen molar-refractivity contribution in [1.82, 2.24) is 14.9 Å². The molecule has 0 bridgehead atoms. The van der Waals surface area contributed by atoms with Crippen LogP contribution in [0.5, 0.6) is 17.2 Å². The van der Waals surface area contributed by atoms with Gasteiger partial charge in [0.15, 0.2) is 17.3 Å². The van der Waals surface area contributed by atoms with Crippen LogP contribution in [0.2, 0.25) is 0 Å². The molecule has 9 heteroatoms. The third-order valence-electron chi connectivity index (χ3n) is 3.74. The van der Waals surface area contributed by atoms with Crippen molar-refractivity contribution in [3.63, 3.8) is 0 Å². The minimum atomic E-state index is -0.348. The first kappa shape index (κ1) is 18.6. The Morgan fingerprint density at radius 2 is 1.81 bits per heavy atom. The molecular formula is C18H17FN4O3S. The Labute approximate surface area is 160 Å². The average molecular weight is 388 g/mol. The molecule has 0 atom stereocenters. The molecule has 1 heterocycles. The predicted octanol–water partition coefficient (Wildman–Crippen LogP) is 3.65. The summed E-state index contributed by atoms with van der Waals surface area (Å²) in [7, 11) is 4.58. The summed E-state index contributed by atoms with van der Waals surface area (Å²) in [5.41, 5.74) is 1.24. The number of hydrogen-bond acceptors (Lipinski definition) is 6. The first-order chi connectivity index (χ1) is 13.1. The molecule has 3 aromatic rings. The number of H-pyrrole nitrogens is 1. The van der Waals surface area contributed by atoms with Crippen LogP contribution in [0, 0.1) is 10.6 Å². The van der Waals surface area contributed by atoms with Crippen LogP contribution in [0.1, 0.15) is 5.56 Å². The van der Waals surface area contributed by atoms with E-state index in [-0.39, 0.29) is 10.6 Å². The lowest BCUT2D eigenvalue weighted by atomic mass is 10.1. The van der Waals surface area contributed by atoms with E-state index in [0.29, 0.717) is 34.2 Å². The van der Waals surface area contributed by atoms with Gasteiger partial charge in [0.2, 0.25) is 10.5 Å². The molecule has 0 fully saturated rings.